The van der Waals surface area contributed by atoms with Crippen LogP contribution >= 0.6 is 0 Å². The fraction of sp³-hybridized carbons (Fsp3) is 0.533. The first kappa shape index (κ1) is 14.7. The summed E-state index contributed by atoms with van der Waals surface area (Å²) >= 11 is 0. The Kier molecular flexibility index (Phi) is 4.84. The molecule has 0 saturated carbocycles. The van der Waals surface area contributed by atoms with Crippen molar-refractivity contribution in [2.45, 2.75) is 19.4 Å². The SMILES string of the molecule is COc1ccc(CC(=O)N2CCNC[C@@H]2C)cc1OC. The molecule has 0 bridgehead atoms. The lowest BCUT2D eigenvalue weighted by atomic mass is 10.1. The second-order valence-electron chi connectivity index (χ2n) is 5.01. The van der Waals surface area contributed by atoms with Gasteiger partial charge in [0.1, 0.15) is 0 Å². The predicted molar refractivity (Wildman–Crippen MR) is 77.3 cm³/mol. The number of hydrogen-bond donors (Lipinski definition) is 1. The van der Waals surface area contributed by atoms with E-state index in [1.54, 1.807) is 14.2 Å². The van der Waals surface area contributed by atoms with Crippen LogP contribution in [0.1, 0.15) is 12.5 Å². The van der Waals surface area contributed by atoms with Gasteiger partial charge in [-0.1, -0.05) is 6.07 Å². The average Bonchev–Trinajstić information content (AvgIpc) is 2.47. The second-order valence-corrected chi connectivity index (χ2v) is 5.01. The summed E-state index contributed by atoms with van der Waals surface area (Å²) in [5, 5.41) is 3.29. The van der Waals surface area contributed by atoms with Gasteiger partial charge >= 0.3 is 0 Å². The maximum absolute atomic E-state index is 12.4. The molecule has 1 saturated heterocycles. The van der Waals surface area contributed by atoms with Gasteiger partial charge in [0.2, 0.25) is 5.91 Å². The number of hydrogen-bond acceptors (Lipinski definition) is 4. The minimum atomic E-state index is 0.159. The maximum atomic E-state index is 12.4. The van der Waals surface area contributed by atoms with E-state index in [4.69, 9.17) is 9.47 Å². The first-order valence-corrected chi connectivity index (χ1v) is 6.86. The van der Waals surface area contributed by atoms with E-state index in [1.807, 2.05) is 23.1 Å². The highest BCUT2D eigenvalue weighted by Crippen LogP contribution is 2.27. The summed E-state index contributed by atoms with van der Waals surface area (Å²) in [6.45, 7) is 4.56. The van der Waals surface area contributed by atoms with Crippen molar-refractivity contribution in [2.75, 3.05) is 33.9 Å². The van der Waals surface area contributed by atoms with Crippen LogP contribution in [0.15, 0.2) is 18.2 Å². The third kappa shape index (κ3) is 3.22. The number of carbonyl (C=O) groups is 1. The van der Waals surface area contributed by atoms with Crippen LogP contribution in [0.3, 0.4) is 0 Å². The van der Waals surface area contributed by atoms with Gasteiger partial charge in [-0.3, -0.25) is 4.79 Å². The topological polar surface area (TPSA) is 50.8 Å². The zero-order valence-corrected chi connectivity index (χ0v) is 12.3. The largest absolute Gasteiger partial charge is 0.493 e. The van der Waals surface area contributed by atoms with Crippen molar-refractivity contribution >= 4 is 5.91 Å². The molecule has 20 heavy (non-hydrogen) atoms. The summed E-state index contributed by atoms with van der Waals surface area (Å²) in [4.78, 5) is 14.3. The molecule has 1 heterocycles. The molecule has 1 aliphatic heterocycles. The van der Waals surface area contributed by atoms with Crippen molar-refractivity contribution in [1.82, 2.24) is 10.2 Å². The predicted octanol–water partition coefficient (Wildman–Crippen LogP) is 1.07. The van der Waals surface area contributed by atoms with Crippen molar-refractivity contribution in [3.63, 3.8) is 0 Å². The lowest BCUT2D eigenvalue weighted by molar-refractivity contribution is -0.133. The molecule has 2 rings (SSSR count). The molecule has 1 N–H and O–H groups in total. The number of nitrogens with zero attached hydrogens (tertiary/aromatic N) is 1. The highest BCUT2D eigenvalue weighted by Gasteiger charge is 2.23. The molecule has 1 atom stereocenters. The minimum Gasteiger partial charge on any atom is -0.493 e. The minimum absolute atomic E-state index is 0.159. The van der Waals surface area contributed by atoms with Crippen LogP contribution in [-0.2, 0) is 11.2 Å². The fourth-order valence-corrected chi connectivity index (χ4v) is 2.48. The Morgan fingerprint density at radius 2 is 2.10 bits per heavy atom. The molecule has 0 spiro atoms. The van der Waals surface area contributed by atoms with Crippen LogP contribution in [0.2, 0.25) is 0 Å². The Balaban J connectivity index is 2.07. The monoisotopic (exact) mass is 278 g/mol. The van der Waals surface area contributed by atoms with Gasteiger partial charge in [0.25, 0.3) is 0 Å². The Labute approximate surface area is 119 Å². The number of methoxy groups -OCH3 is 2. The summed E-state index contributed by atoms with van der Waals surface area (Å²) in [6, 6.07) is 5.86. The highest BCUT2D eigenvalue weighted by atomic mass is 16.5. The Hall–Kier alpha value is -1.75. The summed E-state index contributed by atoms with van der Waals surface area (Å²) in [5.74, 6) is 1.50. The van der Waals surface area contributed by atoms with Crippen molar-refractivity contribution in [3.05, 3.63) is 23.8 Å². The summed E-state index contributed by atoms with van der Waals surface area (Å²) in [7, 11) is 3.20. The van der Waals surface area contributed by atoms with E-state index in [0.717, 1.165) is 25.2 Å². The van der Waals surface area contributed by atoms with Gasteiger partial charge in [0, 0.05) is 25.7 Å². The second kappa shape index (κ2) is 6.61. The molecular weight excluding hydrogens is 256 g/mol. The van der Waals surface area contributed by atoms with E-state index in [2.05, 4.69) is 12.2 Å². The average molecular weight is 278 g/mol. The zero-order chi connectivity index (χ0) is 14.5. The molecule has 5 nitrogen and oxygen atoms in total. The molecule has 1 fully saturated rings. The molecule has 1 aliphatic rings. The van der Waals surface area contributed by atoms with E-state index < -0.39 is 0 Å². The molecule has 0 unspecified atom stereocenters. The lowest BCUT2D eigenvalue weighted by Crippen LogP contribution is -2.52. The molecule has 1 aromatic carbocycles. The summed E-state index contributed by atoms with van der Waals surface area (Å²) in [5.41, 5.74) is 0.943. The Morgan fingerprint density at radius 1 is 1.35 bits per heavy atom. The molecule has 1 amide bonds. The van der Waals surface area contributed by atoms with Crippen molar-refractivity contribution in [1.29, 1.82) is 0 Å². The van der Waals surface area contributed by atoms with E-state index in [0.29, 0.717) is 17.9 Å². The molecular formula is C15H22N2O3. The molecule has 110 valence electrons. The normalized spacial score (nSPS) is 18.8. The number of ether oxygens (including phenoxy) is 2. The number of benzene rings is 1. The van der Waals surface area contributed by atoms with Gasteiger partial charge in [0.15, 0.2) is 11.5 Å². The smallest absolute Gasteiger partial charge is 0.227 e. The molecule has 1 aromatic rings. The Morgan fingerprint density at radius 3 is 2.75 bits per heavy atom. The van der Waals surface area contributed by atoms with Crippen LogP contribution in [-0.4, -0.2) is 50.7 Å². The third-order valence-corrected chi connectivity index (χ3v) is 3.62. The first-order chi connectivity index (χ1) is 9.65. The Bertz CT molecular complexity index is 476. The van der Waals surface area contributed by atoms with Crippen molar-refractivity contribution < 1.29 is 14.3 Å². The van der Waals surface area contributed by atoms with Crippen molar-refractivity contribution in [3.8, 4) is 11.5 Å². The van der Waals surface area contributed by atoms with E-state index >= 15 is 0 Å². The summed E-state index contributed by atoms with van der Waals surface area (Å²) in [6.07, 6.45) is 0.394. The van der Waals surface area contributed by atoms with Crippen LogP contribution in [0, 0.1) is 0 Å². The first-order valence-electron chi connectivity index (χ1n) is 6.86. The quantitative estimate of drug-likeness (QED) is 0.895. The van der Waals surface area contributed by atoms with Gasteiger partial charge in [0.05, 0.1) is 20.6 Å². The van der Waals surface area contributed by atoms with Crippen LogP contribution in [0.25, 0.3) is 0 Å². The number of nitrogens with one attached hydrogen (secondary N) is 1. The number of carbonyl (C=O) groups excluding carboxylic acids is 1. The number of rotatable bonds is 4. The third-order valence-electron chi connectivity index (χ3n) is 3.62. The zero-order valence-electron chi connectivity index (χ0n) is 12.3. The van der Waals surface area contributed by atoms with Gasteiger partial charge in [-0.05, 0) is 24.6 Å². The highest BCUT2D eigenvalue weighted by molar-refractivity contribution is 5.79. The van der Waals surface area contributed by atoms with Gasteiger partial charge in [-0.25, -0.2) is 0 Å². The van der Waals surface area contributed by atoms with Gasteiger partial charge in [-0.2, -0.15) is 0 Å². The molecule has 5 heteroatoms. The number of piperazine rings is 1. The summed E-state index contributed by atoms with van der Waals surface area (Å²) < 4.78 is 10.5. The number of amides is 1. The van der Waals surface area contributed by atoms with Crippen LogP contribution in [0.5, 0.6) is 11.5 Å². The fourth-order valence-electron chi connectivity index (χ4n) is 2.48. The molecule has 0 aromatic heterocycles. The van der Waals surface area contributed by atoms with Crippen LogP contribution in [0.4, 0.5) is 0 Å². The maximum Gasteiger partial charge on any atom is 0.227 e. The van der Waals surface area contributed by atoms with Crippen molar-refractivity contribution in [2.24, 2.45) is 0 Å². The van der Waals surface area contributed by atoms with Gasteiger partial charge in [-0.15, -0.1) is 0 Å². The van der Waals surface area contributed by atoms with E-state index in [9.17, 15) is 4.79 Å². The lowest BCUT2D eigenvalue weighted by Gasteiger charge is -2.34. The van der Waals surface area contributed by atoms with E-state index in [1.165, 1.54) is 0 Å². The van der Waals surface area contributed by atoms with Crippen LogP contribution < -0.4 is 14.8 Å². The molecule has 0 radical (unpaired) electrons. The van der Waals surface area contributed by atoms with E-state index in [-0.39, 0.29) is 11.9 Å². The van der Waals surface area contributed by atoms with Gasteiger partial charge < -0.3 is 19.7 Å². The molecule has 0 aliphatic carbocycles. The standard InChI is InChI=1S/C15H22N2O3/c1-11-10-16-6-7-17(11)15(18)9-12-4-5-13(19-2)14(8-12)20-3/h4-5,8,11,16H,6-7,9-10H2,1-3H3/t11-/m0/s1.